The van der Waals surface area contributed by atoms with Crippen LogP contribution in [0.2, 0.25) is 0 Å². The number of hydrogen-bond donors (Lipinski definition) is 2. The van der Waals surface area contributed by atoms with E-state index in [-0.39, 0.29) is 12.0 Å². The number of nitrogens with one attached hydrogen (secondary N) is 2. The van der Waals surface area contributed by atoms with Gasteiger partial charge in [0.15, 0.2) is 11.6 Å². The number of tetrazole rings is 1. The van der Waals surface area contributed by atoms with Gasteiger partial charge in [-0.3, -0.25) is 4.79 Å². The molecule has 0 aromatic carbocycles. The number of ketones is 1. The second-order valence-electron chi connectivity index (χ2n) is 4.78. The van der Waals surface area contributed by atoms with Crippen molar-refractivity contribution in [3.05, 3.63) is 5.82 Å². The normalized spacial score (nSPS) is 12.2. The minimum atomic E-state index is -0.00463. The van der Waals surface area contributed by atoms with Crippen LogP contribution < -0.4 is 5.32 Å². The first-order valence-corrected chi connectivity index (χ1v) is 6.40. The lowest BCUT2D eigenvalue weighted by Gasteiger charge is -2.17. The highest BCUT2D eigenvalue weighted by atomic mass is 16.1. The highest BCUT2D eigenvalue weighted by Gasteiger charge is 2.15. The Labute approximate surface area is 109 Å². The number of carbonyl (C=O) groups excluding carboxylic acids is 1. The van der Waals surface area contributed by atoms with Crippen LogP contribution >= 0.6 is 0 Å². The molecule has 0 bridgehead atoms. The van der Waals surface area contributed by atoms with Gasteiger partial charge >= 0.3 is 0 Å². The molecule has 6 heteroatoms. The highest BCUT2D eigenvalue weighted by molar-refractivity contribution is 5.85. The van der Waals surface area contributed by atoms with Crippen LogP contribution in [-0.4, -0.2) is 38.5 Å². The third kappa shape index (κ3) is 7.11. The van der Waals surface area contributed by atoms with Crippen LogP contribution in [-0.2, 0) is 11.2 Å². The lowest BCUT2D eigenvalue weighted by atomic mass is 10.0. The van der Waals surface area contributed by atoms with Crippen molar-refractivity contribution in [2.24, 2.45) is 5.92 Å². The standard InChI is InChI=1S/C9H19NO.C3H6N4/c1-6(2)9(11)8(5)10-7(3)4;1-2-3-4-6-7-5-3/h6-8,10H,1-5H3;2H2,1H3,(H,4,5,6,7). The number of aromatic nitrogens is 4. The van der Waals surface area contributed by atoms with Gasteiger partial charge in [-0.2, -0.15) is 5.21 Å². The van der Waals surface area contributed by atoms with Crippen molar-refractivity contribution in [1.82, 2.24) is 25.9 Å². The zero-order valence-electron chi connectivity index (χ0n) is 12.2. The summed E-state index contributed by atoms with van der Waals surface area (Å²) in [5.74, 6) is 1.19. The van der Waals surface area contributed by atoms with Crippen molar-refractivity contribution < 1.29 is 4.79 Å². The van der Waals surface area contributed by atoms with Gasteiger partial charge in [-0.05, 0) is 6.92 Å². The quantitative estimate of drug-likeness (QED) is 0.830. The van der Waals surface area contributed by atoms with Crippen molar-refractivity contribution in [2.45, 2.75) is 60.0 Å². The van der Waals surface area contributed by atoms with E-state index in [9.17, 15) is 4.79 Å². The Balaban J connectivity index is 0.000000351. The summed E-state index contributed by atoms with van der Waals surface area (Å²) < 4.78 is 0. The molecule has 1 atom stereocenters. The number of aromatic amines is 1. The first-order chi connectivity index (χ1) is 8.38. The number of aryl methyl sites for hydroxylation is 1. The highest BCUT2D eigenvalue weighted by Crippen LogP contribution is 1.99. The van der Waals surface area contributed by atoms with Crippen molar-refractivity contribution >= 4 is 5.78 Å². The van der Waals surface area contributed by atoms with Crippen LogP contribution in [0.5, 0.6) is 0 Å². The van der Waals surface area contributed by atoms with Crippen LogP contribution in [0.25, 0.3) is 0 Å². The van der Waals surface area contributed by atoms with Gasteiger partial charge in [0.1, 0.15) is 0 Å². The zero-order valence-corrected chi connectivity index (χ0v) is 12.2. The number of nitrogens with zero attached hydrogens (tertiary/aromatic N) is 3. The average Bonchev–Trinajstić information content (AvgIpc) is 2.80. The number of rotatable bonds is 5. The Morgan fingerprint density at radius 2 is 1.89 bits per heavy atom. The number of carbonyl (C=O) groups is 1. The summed E-state index contributed by atoms with van der Waals surface area (Å²) in [6.07, 6.45) is 0.844. The second kappa shape index (κ2) is 8.74. The Bertz CT molecular complexity index is 321. The summed E-state index contributed by atoms with van der Waals surface area (Å²) in [5.41, 5.74) is 0. The summed E-state index contributed by atoms with van der Waals surface area (Å²) in [6.45, 7) is 11.9. The van der Waals surface area contributed by atoms with E-state index in [0.717, 1.165) is 12.2 Å². The van der Waals surface area contributed by atoms with Gasteiger partial charge in [-0.15, -0.1) is 10.2 Å². The molecule has 0 amide bonds. The SMILES string of the molecule is CC(C)NC(C)C(=O)C(C)C.CCc1nn[nH]n1. The molecule has 1 aromatic heterocycles. The molecule has 6 nitrogen and oxygen atoms in total. The van der Waals surface area contributed by atoms with Crippen molar-refractivity contribution in [2.75, 3.05) is 0 Å². The van der Waals surface area contributed by atoms with Gasteiger partial charge in [0.25, 0.3) is 0 Å². The second-order valence-corrected chi connectivity index (χ2v) is 4.78. The Morgan fingerprint density at radius 3 is 2.17 bits per heavy atom. The summed E-state index contributed by atoms with van der Waals surface area (Å²) in [6, 6.07) is 0.377. The van der Waals surface area contributed by atoms with Gasteiger partial charge < -0.3 is 5.32 Å². The van der Waals surface area contributed by atoms with Crippen molar-refractivity contribution in [3.8, 4) is 0 Å². The average molecular weight is 255 g/mol. The Hall–Kier alpha value is -1.30. The van der Waals surface area contributed by atoms with E-state index in [1.807, 2.05) is 41.5 Å². The van der Waals surface area contributed by atoms with E-state index >= 15 is 0 Å². The first kappa shape index (κ1) is 16.7. The van der Waals surface area contributed by atoms with E-state index in [1.54, 1.807) is 0 Å². The molecule has 0 radical (unpaired) electrons. The van der Waals surface area contributed by atoms with E-state index in [0.29, 0.717) is 11.8 Å². The van der Waals surface area contributed by atoms with Crippen LogP contribution in [0, 0.1) is 5.92 Å². The summed E-state index contributed by atoms with van der Waals surface area (Å²) in [5, 5.41) is 16.3. The molecule has 1 rings (SSSR count). The molecule has 1 heterocycles. The zero-order chi connectivity index (χ0) is 14.1. The Morgan fingerprint density at radius 1 is 1.28 bits per heavy atom. The number of hydrogen-bond acceptors (Lipinski definition) is 5. The molecule has 0 aliphatic carbocycles. The minimum absolute atomic E-state index is 0.00463. The predicted molar refractivity (Wildman–Crippen MR) is 71.1 cm³/mol. The van der Waals surface area contributed by atoms with Gasteiger partial charge in [-0.1, -0.05) is 39.8 Å². The minimum Gasteiger partial charge on any atom is -0.305 e. The maximum absolute atomic E-state index is 11.3. The fraction of sp³-hybridized carbons (Fsp3) is 0.833. The molecule has 1 unspecified atom stereocenters. The maximum atomic E-state index is 11.3. The van der Waals surface area contributed by atoms with E-state index in [1.165, 1.54) is 0 Å². The third-order valence-corrected chi connectivity index (χ3v) is 2.28. The van der Waals surface area contributed by atoms with Crippen LogP contribution in [0.15, 0.2) is 0 Å². The maximum Gasteiger partial charge on any atom is 0.174 e. The molecule has 104 valence electrons. The van der Waals surface area contributed by atoms with E-state index in [4.69, 9.17) is 0 Å². The molecule has 0 spiro atoms. The molecule has 2 N–H and O–H groups in total. The van der Waals surface area contributed by atoms with Crippen molar-refractivity contribution in [3.63, 3.8) is 0 Å². The predicted octanol–water partition coefficient (Wildman–Crippen LogP) is 1.36. The first-order valence-electron chi connectivity index (χ1n) is 6.40. The molecule has 1 aromatic rings. The van der Waals surface area contributed by atoms with Gasteiger partial charge in [0.05, 0.1) is 6.04 Å². The lowest BCUT2D eigenvalue weighted by molar-refractivity contribution is -0.123. The number of H-pyrrole nitrogens is 1. The van der Waals surface area contributed by atoms with Crippen molar-refractivity contribution in [1.29, 1.82) is 0 Å². The van der Waals surface area contributed by atoms with Crippen LogP contribution in [0.3, 0.4) is 0 Å². The lowest BCUT2D eigenvalue weighted by Crippen LogP contribution is -2.40. The molecule has 0 saturated carbocycles. The van der Waals surface area contributed by atoms with Crippen LogP contribution in [0.4, 0.5) is 0 Å². The molecule has 18 heavy (non-hydrogen) atoms. The summed E-state index contributed by atoms with van der Waals surface area (Å²) in [4.78, 5) is 11.3. The van der Waals surface area contributed by atoms with E-state index < -0.39 is 0 Å². The molecule has 0 aliphatic rings. The number of Topliss-reactive ketones (excluding diaryl/α,β-unsaturated/α-hetero) is 1. The largest absolute Gasteiger partial charge is 0.305 e. The molecular weight excluding hydrogens is 230 g/mol. The third-order valence-electron chi connectivity index (χ3n) is 2.28. The molecular formula is C12H25N5O. The van der Waals surface area contributed by atoms with Gasteiger partial charge in [0, 0.05) is 18.4 Å². The van der Waals surface area contributed by atoms with Crippen LogP contribution in [0.1, 0.15) is 47.4 Å². The summed E-state index contributed by atoms with van der Waals surface area (Å²) >= 11 is 0. The topological polar surface area (TPSA) is 83.6 Å². The van der Waals surface area contributed by atoms with E-state index in [2.05, 4.69) is 25.9 Å². The summed E-state index contributed by atoms with van der Waals surface area (Å²) in [7, 11) is 0. The molecule has 0 saturated heterocycles. The smallest absolute Gasteiger partial charge is 0.174 e. The fourth-order valence-corrected chi connectivity index (χ4v) is 1.41. The fourth-order valence-electron chi connectivity index (χ4n) is 1.41. The molecule has 0 fully saturated rings. The van der Waals surface area contributed by atoms with Gasteiger partial charge in [-0.25, -0.2) is 0 Å². The van der Waals surface area contributed by atoms with Gasteiger partial charge in [0.2, 0.25) is 0 Å². The molecule has 0 aliphatic heterocycles. The Kier molecular flexibility index (Phi) is 8.11. The monoisotopic (exact) mass is 255 g/mol.